The van der Waals surface area contributed by atoms with E-state index in [9.17, 15) is 4.79 Å². The van der Waals surface area contributed by atoms with E-state index in [1.165, 1.54) is 0 Å². The van der Waals surface area contributed by atoms with Crippen LogP contribution in [0.2, 0.25) is 0 Å². The summed E-state index contributed by atoms with van der Waals surface area (Å²) in [7, 11) is 0. The molecular formula is C20H19N5O3. The summed E-state index contributed by atoms with van der Waals surface area (Å²) in [5.41, 5.74) is 10.1. The van der Waals surface area contributed by atoms with E-state index < -0.39 is 12.0 Å². The van der Waals surface area contributed by atoms with Gasteiger partial charge in [-0.2, -0.15) is 5.10 Å². The van der Waals surface area contributed by atoms with Crippen molar-refractivity contribution in [3.63, 3.8) is 0 Å². The summed E-state index contributed by atoms with van der Waals surface area (Å²) in [5, 5.41) is 7.82. The summed E-state index contributed by atoms with van der Waals surface area (Å²) in [6, 6.07) is 17.5. The number of hydrogen-bond donors (Lipinski definition) is 0. The number of hydrogen-bond acceptors (Lipinski definition) is 5. The van der Waals surface area contributed by atoms with Gasteiger partial charge in [-0.15, -0.1) is 0 Å². The minimum atomic E-state index is -0.402. The number of ether oxygens (including phenoxy) is 2. The number of rotatable bonds is 9. The standard InChI is InChI=1S/C20H19N5O3/c21-24-23-18(13-25-12-4-11-22-25)15-27-19-9-7-17(8-10-19)20(26)28-14-16-5-2-1-3-6-16/h1-12,18H,13-15H2. The van der Waals surface area contributed by atoms with Gasteiger partial charge in [0.2, 0.25) is 0 Å². The minimum absolute atomic E-state index is 0.196. The fourth-order valence-corrected chi connectivity index (χ4v) is 2.51. The van der Waals surface area contributed by atoms with Gasteiger partial charge in [0, 0.05) is 17.3 Å². The molecule has 0 spiro atoms. The van der Waals surface area contributed by atoms with E-state index in [1.807, 2.05) is 30.3 Å². The van der Waals surface area contributed by atoms with Crippen LogP contribution >= 0.6 is 0 Å². The number of benzene rings is 2. The molecule has 1 unspecified atom stereocenters. The van der Waals surface area contributed by atoms with E-state index >= 15 is 0 Å². The average Bonchev–Trinajstić information content (AvgIpc) is 3.25. The van der Waals surface area contributed by atoms with Crippen molar-refractivity contribution >= 4 is 5.97 Å². The van der Waals surface area contributed by atoms with E-state index in [1.54, 1.807) is 47.4 Å². The van der Waals surface area contributed by atoms with Crippen LogP contribution in [0.3, 0.4) is 0 Å². The maximum Gasteiger partial charge on any atom is 0.338 e. The maximum atomic E-state index is 12.1. The second-order valence-corrected chi connectivity index (χ2v) is 5.98. The molecule has 142 valence electrons. The first-order chi connectivity index (χ1) is 13.7. The van der Waals surface area contributed by atoms with Gasteiger partial charge in [-0.3, -0.25) is 4.68 Å². The molecule has 1 aromatic heterocycles. The molecule has 0 aliphatic rings. The molecule has 0 bridgehead atoms. The molecule has 0 amide bonds. The quantitative estimate of drug-likeness (QED) is 0.243. The third-order valence-electron chi connectivity index (χ3n) is 3.92. The Morgan fingerprint density at radius 1 is 1.14 bits per heavy atom. The van der Waals surface area contributed by atoms with Crippen molar-refractivity contribution < 1.29 is 14.3 Å². The molecule has 3 aromatic rings. The topological polar surface area (TPSA) is 102 Å². The van der Waals surface area contributed by atoms with Crippen LogP contribution < -0.4 is 4.74 Å². The number of azide groups is 1. The lowest BCUT2D eigenvalue weighted by Crippen LogP contribution is -2.22. The van der Waals surface area contributed by atoms with Crippen LogP contribution in [0.1, 0.15) is 15.9 Å². The first-order valence-electron chi connectivity index (χ1n) is 8.70. The van der Waals surface area contributed by atoms with E-state index in [-0.39, 0.29) is 13.2 Å². The number of carbonyl (C=O) groups is 1. The van der Waals surface area contributed by atoms with Crippen molar-refractivity contribution in [3.8, 4) is 5.75 Å². The van der Waals surface area contributed by atoms with Gasteiger partial charge in [0.05, 0.1) is 24.8 Å². The first kappa shape index (κ1) is 19.0. The van der Waals surface area contributed by atoms with Crippen molar-refractivity contribution in [2.45, 2.75) is 19.2 Å². The molecule has 8 nitrogen and oxygen atoms in total. The molecule has 1 heterocycles. The highest BCUT2D eigenvalue weighted by atomic mass is 16.5. The van der Waals surface area contributed by atoms with Gasteiger partial charge in [0.1, 0.15) is 12.4 Å². The largest absolute Gasteiger partial charge is 0.493 e. The Bertz CT molecular complexity index is 920. The number of carbonyl (C=O) groups excluding carboxylic acids is 1. The lowest BCUT2D eigenvalue weighted by molar-refractivity contribution is 0.0472. The molecule has 0 saturated heterocycles. The molecular weight excluding hydrogens is 358 g/mol. The predicted molar refractivity (Wildman–Crippen MR) is 103 cm³/mol. The van der Waals surface area contributed by atoms with Crippen molar-refractivity contribution in [3.05, 3.63) is 94.6 Å². The normalized spacial score (nSPS) is 11.3. The SMILES string of the molecule is [N-]=[N+]=NC(COc1ccc(C(=O)OCc2ccccc2)cc1)Cn1cccn1. The monoisotopic (exact) mass is 377 g/mol. The zero-order valence-electron chi connectivity index (χ0n) is 15.1. The van der Waals surface area contributed by atoms with Crippen molar-refractivity contribution in [1.29, 1.82) is 0 Å². The molecule has 2 aromatic carbocycles. The highest BCUT2D eigenvalue weighted by molar-refractivity contribution is 5.89. The Morgan fingerprint density at radius 3 is 2.61 bits per heavy atom. The smallest absolute Gasteiger partial charge is 0.338 e. The van der Waals surface area contributed by atoms with Crippen molar-refractivity contribution in [2.24, 2.45) is 5.11 Å². The highest BCUT2D eigenvalue weighted by Crippen LogP contribution is 2.15. The van der Waals surface area contributed by atoms with Crippen LogP contribution in [0.25, 0.3) is 10.4 Å². The molecule has 0 N–H and O–H groups in total. The van der Waals surface area contributed by atoms with Gasteiger partial charge in [0.25, 0.3) is 0 Å². The van der Waals surface area contributed by atoms with Crippen LogP contribution in [-0.2, 0) is 17.9 Å². The lowest BCUT2D eigenvalue weighted by atomic mass is 10.2. The third kappa shape index (κ3) is 5.62. The number of nitrogens with zero attached hydrogens (tertiary/aromatic N) is 5. The second-order valence-electron chi connectivity index (χ2n) is 5.98. The molecule has 3 rings (SSSR count). The third-order valence-corrected chi connectivity index (χ3v) is 3.92. The lowest BCUT2D eigenvalue weighted by Gasteiger charge is -2.13. The summed E-state index contributed by atoms with van der Waals surface area (Å²) in [6.07, 6.45) is 3.44. The van der Waals surface area contributed by atoms with E-state index in [0.717, 1.165) is 5.56 Å². The molecule has 8 heteroatoms. The minimum Gasteiger partial charge on any atom is -0.493 e. The maximum absolute atomic E-state index is 12.1. The van der Waals surface area contributed by atoms with Crippen LogP contribution in [-0.4, -0.2) is 28.4 Å². The van der Waals surface area contributed by atoms with Crippen LogP contribution in [0, 0.1) is 0 Å². The highest BCUT2D eigenvalue weighted by Gasteiger charge is 2.11. The molecule has 0 aliphatic carbocycles. The summed E-state index contributed by atoms with van der Waals surface area (Å²) in [5.74, 6) is 0.166. The first-order valence-corrected chi connectivity index (χ1v) is 8.70. The Kier molecular flexibility index (Phi) is 6.65. The fraction of sp³-hybridized carbons (Fsp3) is 0.200. The summed E-state index contributed by atoms with van der Waals surface area (Å²) in [6.45, 7) is 0.835. The Balaban J connectivity index is 1.51. The molecule has 0 saturated carbocycles. The van der Waals surface area contributed by atoms with E-state index in [4.69, 9.17) is 15.0 Å². The molecule has 0 fully saturated rings. The van der Waals surface area contributed by atoms with Gasteiger partial charge in [-0.25, -0.2) is 4.79 Å². The Hall–Kier alpha value is -3.77. The summed E-state index contributed by atoms with van der Waals surface area (Å²) < 4.78 is 12.6. The molecule has 28 heavy (non-hydrogen) atoms. The molecule has 0 aliphatic heterocycles. The van der Waals surface area contributed by atoms with Gasteiger partial charge in [0.15, 0.2) is 0 Å². The fourth-order valence-electron chi connectivity index (χ4n) is 2.51. The number of esters is 1. The van der Waals surface area contributed by atoms with Crippen LogP contribution in [0.4, 0.5) is 0 Å². The molecule has 1 atom stereocenters. The Morgan fingerprint density at radius 2 is 1.93 bits per heavy atom. The van der Waals surface area contributed by atoms with Gasteiger partial charge in [-0.05, 0) is 41.4 Å². The number of aromatic nitrogens is 2. The second kappa shape index (κ2) is 9.80. The predicted octanol–water partition coefficient (Wildman–Crippen LogP) is 4.00. The summed E-state index contributed by atoms with van der Waals surface area (Å²) in [4.78, 5) is 15.0. The van der Waals surface area contributed by atoms with Crippen molar-refractivity contribution in [2.75, 3.05) is 6.61 Å². The zero-order chi connectivity index (χ0) is 19.6. The van der Waals surface area contributed by atoms with Gasteiger partial charge in [-0.1, -0.05) is 35.4 Å². The summed E-state index contributed by atoms with van der Waals surface area (Å²) >= 11 is 0. The van der Waals surface area contributed by atoms with E-state index in [2.05, 4.69) is 15.1 Å². The van der Waals surface area contributed by atoms with Gasteiger partial charge >= 0.3 is 5.97 Å². The molecule has 0 radical (unpaired) electrons. The van der Waals surface area contributed by atoms with Gasteiger partial charge < -0.3 is 9.47 Å². The van der Waals surface area contributed by atoms with Crippen molar-refractivity contribution in [1.82, 2.24) is 9.78 Å². The van der Waals surface area contributed by atoms with E-state index in [0.29, 0.717) is 17.9 Å². The van der Waals surface area contributed by atoms with Crippen LogP contribution in [0.15, 0.2) is 78.2 Å². The van der Waals surface area contributed by atoms with Crippen LogP contribution in [0.5, 0.6) is 5.75 Å². The Labute approximate surface area is 161 Å². The average molecular weight is 377 g/mol. The zero-order valence-corrected chi connectivity index (χ0v) is 15.1.